The first-order chi connectivity index (χ1) is 12.1. The lowest BCUT2D eigenvalue weighted by molar-refractivity contribution is -0.115. The van der Waals surface area contributed by atoms with Crippen molar-refractivity contribution in [3.05, 3.63) is 29.8 Å². The molecule has 2 heterocycles. The third-order valence-corrected chi connectivity index (χ3v) is 6.38. The van der Waals surface area contributed by atoms with E-state index in [9.17, 15) is 0 Å². The molecule has 0 radical (unpaired) electrons. The van der Waals surface area contributed by atoms with E-state index < -0.39 is 0 Å². The summed E-state index contributed by atoms with van der Waals surface area (Å²) in [5.74, 6) is 1.64. The molecule has 1 aromatic rings. The maximum absolute atomic E-state index is 6.08. The first-order valence-electron chi connectivity index (χ1n) is 9.78. The fourth-order valence-corrected chi connectivity index (χ4v) is 4.85. The van der Waals surface area contributed by atoms with Gasteiger partial charge in [0, 0.05) is 42.9 Å². The molecule has 0 aromatic heterocycles. The zero-order valence-electron chi connectivity index (χ0n) is 15.7. The number of nitrogens with one attached hydrogen (secondary N) is 1. The van der Waals surface area contributed by atoms with Crippen molar-refractivity contribution >= 4 is 0 Å². The van der Waals surface area contributed by atoms with Crippen molar-refractivity contribution in [2.45, 2.75) is 64.3 Å². The van der Waals surface area contributed by atoms with E-state index in [4.69, 9.17) is 14.2 Å². The molecular formula is C21H31NO3. The average molecular weight is 345 g/mol. The summed E-state index contributed by atoms with van der Waals surface area (Å²) in [7, 11) is 0. The molecule has 4 unspecified atom stereocenters. The lowest BCUT2D eigenvalue weighted by Crippen LogP contribution is -2.66. The molecule has 3 fully saturated rings. The van der Waals surface area contributed by atoms with Crippen LogP contribution in [0, 0.1) is 11.3 Å². The molecule has 4 atom stereocenters. The molecule has 4 nitrogen and oxygen atoms in total. The molecule has 4 rings (SSSR count). The second-order valence-electron chi connectivity index (χ2n) is 8.43. The number of ether oxygens (including phenoxy) is 3. The minimum Gasteiger partial charge on any atom is -0.490 e. The lowest BCUT2D eigenvalue weighted by Gasteiger charge is -2.55. The number of hydrogen-bond donors (Lipinski definition) is 1. The largest absolute Gasteiger partial charge is 0.490 e. The van der Waals surface area contributed by atoms with Crippen LogP contribution in [0.4, 0.5) is 0 Å². The first-order valence-corrected chi connectivity index (χ1v) is 9.78. The molecule has 2 aliphatic heterocycles. The van der Waals surface area contributed by atoms with Crippen molar-refractivity contribution in [2.24, 2.45) is 11.3 Å². The van der Waals surface area contributed by atoms with Crippen LogP contribution in [0.1, 0.15) is 51.6 Å². The van der Waals surface area contributed by atoms with Crippen LogP contribution < -0.4 is 10.1 Å². The summed E-state index contributed by atoms with van der Waals surface area (Å²) in [6, 6.07) is 9.48. The molecular weight excluding hydrogens is 314 g/mol. The molecule has 3 aliphatic rings. The van der Waals surface area contributed by atoms with E-state index in [0.29, 0.717) is 30.2 Å². The Morgan fingerprint density at radius 3 is 2.52 bits per heavy atom. The molecule has 4 heteroatoms. The highest BCUT2D eigenvalue weighted by Gasteiger charge is 2.59. The van der Waals surface area contributed by atoms with Crippen molar-refractivity contribution < 1.29 is 14.2 Å². The third kappa shape index (κ3) is 3.32. The van der Waals surface area contributed by atoms with Gasteiger partial charge in [-0.2, -0.15) is 0 Å². The van der Waals surface area contributed by atoms with Crippen molar-refractivity contribution in [2.75, 3.05) is 19.8 Å². The minimum absolute atomic E-state index is 0.224. The van der Waals surface area contributed by atoms with E-state index in [0.717, 1.165) is 38.4 Å². The Labute approximate surface area is 151 Å². The predicted octanol–water partition coefficient (Wildman–Crippen LogP) is 3.71. The Kier molecular flexibility index (Phi) is 4.78. The molecule has 1 aliphatic carbocycles. The number of benzene rings is 1. The van der Waals surface area contributed by atoms with Crippen LogP contribution in [0.15, 0.2) is 24.3 Å². The van der Waals surface area contributed by atoms with Gasteiger partial charge in [0.15, 0.2) is 0 Å². The van der Waals surface area contributed by atoms with Crippen LogP contribution in [-0.4, -0.2) is 38.1 Å². The molecule has 2 saturated heterocycles. The number of fused-ring (bicyclic) bond motifs is 1. The summed E-state index contributed by atoms with van der Waals surface area (Å²) >= 11 is 0. The fourth-order valence-electron chi connectivity index (χ4n) is 4.85. The molecule has 1 N–H and O–H groups in total. The summed E-state index contributed by atoms with van der Waals surface area (Å²) < 4.78 is 17.4. The van der Waals surface area contributed by atoms with Crippen molar-refractivity contribution in [1.82, 2.24) is 5.32 Å². The normalized spacial score (nSPS) is 32.7. The van der Waals surface area contributed by atoms with Gasteiger partial charge in [-0.05, 0) is 31.0 Å². The van der Waals surface area contributed by atoms with Gasteiger partial charge in [0.2, 0.25) is 0 Å². The Bertz CT molecular complexity index is 579. The molecule has 25 heavy (non-hydrogen) atoms. The highest BCUT2D eigenvalue weighted by Crippen LogP contribution is 2.52. The lowest BCUT2D eigenvalue weighted by atomic mass is 9.57. The van der Waals surface area contributed by atoms with E-state index in [2.05, 4.69) is 50.4 Å². The predicted molar refractivity (Wildman–Crippen MR) is 97.9 cm³/mol. The highest BCUT2D eigenvalue weighted by atomic mass is 16.5. The van der Waals surface area contributed by atoms with Crippen LogP contribution in [0.2, 0.25) is 0 Å². The summed E-state index contributed by atoms with van der Waals surface area (Å²) in [4.78, 5) is 0. The summed E-state index contributed by atoms with van der Waals surface area (Å²) in [5, 5.41) is 3.86. The van der Waals surface area contributed by atoms with Gasteiger partial charge >= 0.3 is 0 Å². The van der Waals surface area contributed by atoms with Crippen LogP contribution in [0.3, 0.4) is 0 Å². The van der Waals surface area contributed by atoms with E-state index in [-0.39, 0.29) is 5.41 Å². The van der Waals surface area contributed by atoms with Crippen LogP contribution in [0.25, 0.3) is 0 Å². The fraction of sp³-hybridized carbons (Fsp3) is 0.714. The number of hydrogen-bond acceptors (Lipinski definition) is 4. The Morgan fingerprint density at radius 2 is 1.80 bits per heavy atom. The van der Waals surface area contributed by atoms with Gasteiger partial charge in [0.1, 0.15) is 11.9 Å². The van der Waals surface area contributed by atoms with Gasteiger partial charge in [0.05, 0.1) is 19.3 Å². The van der Waals surface area contributed by atoms with Gasteiger partial charge in [-0.3, -0.25) is 0 Å². The van der Waals surface area contributed by atoms with E-state index in [1.807, 2.05) is 0 Å². The standard InChI is InChI=1S/C21H31NO3/c1-14(22-19-18-10-13-24-20(18)21(19,2)3)15-4-6-16(7-5-15)25-17-8-11-23-12-9-17/h4-7,14,17-20,22H,8-13H2,1-3H3. The molecule has 1 aromatic carbocycles. The van der Waals surface area contributed by atoms with Crippen molar-refractivity contribution in [3.8, 4) is 5.75 Å². The van der Waals surface area contributed by atoms with Crippen LogP contribution >= 0.6 is 0 Å². The van der Waals surface area contributed by atoms with Crippen LogP contribution in [0.5, 0.6) is 5.75 Å². The second-order valence-corrected chi connectivity index (χ2v) is 8.43. The van der Waals surface area contributed by atoms with E-state index in [1.165, 1.54) is 12.0 Å². The zero-order chi connectivity index (χ0) is 17.4. The Balaban J connectivity index is 1.35. The monoisotopic (exact) mass is 345 g/mol. The van der Waals surface area contributed by atoms with E-state index >= 15 is 0 Å². The minimum atomic E-state index is 0.224. The van der Waals surface area contributed by atoms with Gasteiger partial charge < -0.3 is 19.5 Å². The molecule has 0 amide bonds. The SMILES string of the molecule is CC(NC1C2CCOC2C1(C)C)c1ccc(OC2CCOCC2)cc1. The molecule has 138 valence electrons. The van der Waals surface area contributed by atoms with Gasteiger partial charge in [-0.15, -0.1) is 0 Å². The quantitative estimate of drug-likeness (QED) is 0.883. The number of rotatable bonds is 5. The van der Waals surface area contributed by atoms with Crippen molar-refractivity contribution in [1.29, 1.82) is 0 Å². The highest BCUT2D eigenvalue weighted by molar-refractivity contribution is 5.29. The second kappa shape index (κ2) is 6.90. The first kappa shape index (κ1) is 17.3. The summed E-state index contributed by atoms with van der Waals surface area (Å²) in [5.41, 5.74) is 1.54. The third-order valence-electron chi connectivity index (χ3n) is 6.38. The maximum Gasteiger partial charge on any atom is 0.119 e. The average Bonchev–Trinajstić information content (AvgIpc) is 3.08. The Hall–Kier alpha value is -1.10. The van der Waals surface area contributed by atoms with Crippen LogP contribution in [-0.2, 0) is 9.47 Å². The smallest absolute Gasteiger partial charge is 0.119 e. The summed E-state index contributed by atoms with van der Waals surface area (Å²) in [6.07, 6.45) is 3.90. The Morgan fingerprint density at radius 1 is 1.08 bits per heavy atom. The molecule has 0 spiro atoms. The molecule has 0 bridgehead atoms. The maximum atomic E-state index is 6.08. The zero-order valence-corrected chi connectivity index (χ0v) is 15.7. The van der Waals surface area contributed by atoms with Crippen molar-refractivity contribution in [3.63, 3.8) is 0 Å². The van der Waals surface area contributed by atoms with E-state index in [1.54, 1.807) is 0 Å². The van der Waals surface area contributed by atoms with Gasteiger partial charge in [-0.25, -0.2) is 0 Å². The molecule has 1 saturated carbocycles. The summed E-state index contributed by atoms with van der Waals surface area (Å²) in [6.45, 7) is 9.46. The van der Waals surface area contributed by atoms with Gasteiger partial charge in [-0.1, -0.05) is 26.0 Å². The van der Waals surface area contributed by atoms with Gasteiger partial charge in [0.25, 0.3) is 0 Å². The topological polar surface area (TPSA) is 39.7 Å².